The minimum absolute atomic E-state index is 0.00480. The first-order valence-corrected chi connectivity index (χ1v) is 10.4. The Bertz CT molecular complexity index is 908. The predicted molar refractivity (Wildman–Crippen MR) is 114 cm³/mol. The molecule has 0 bridgehead atoms. The van der Waals surface area contributed by atoms with E-state index in [-0.39, 0.29) is 12.0 Å². The lowest BCUT2D eigenvalue weighted by Gasteiger charge is -2.36. The van der Waals surface area contributed by atoms with Gasteiger partial charge in [-0.2, -0.15) is 0 Å². The largest absolute Gasteiger partial charge is 0.462 e. The standard InChI is InChI=1S/C23H25ClN2O4/c1-2-30-23(29)17-5-3-4-15(12-17)10-11-25-21(27)22(28)26-20-13-18(14-20)16-6-8-19(24)9-7-16/h3-9,12,18,20H,2,10-11,13-14H2,1H3,(H,25,27)(H,26,28). The van der Waals surface area contributed by atoms with Crippen LogP contribution in [0.25, 0.3) is 0 Å². The van der Waals surface area contributed by atoms with Crippen LogP contribution in [0.15, 0.2) is 48.5 Å². The molecule has 1 fully saturated rings. The molecule has 0 saturated heterocycles. The van der Waals surface area contributed by atoms with E-state index in [1.54, 1.807) is 25.1 Å². The number of hydrogen-bond acceptors (Lipinski definition) is 4. The Hall–Kier alpha value is -2.86. The Morgan fingerprint density at radius 2 is 1.80 bits per heavy atom. The van der Waals surface area contributed by atoms with Gasteiger partial charge >= 0.3 is 17.8 Å². The summed E-state index contributed by atoms with van der Waals surface area (Å²) in [6, 6.07) is 14.8. The summed E-state index contributed by atoms with van der Waals surface area (Å²) in [6.45, 7) is 2.37. The third-order valence-electron chi connectivity index (χ3n) is 5.16. The molecule has 30 heavy (non-hydrogen) atoms. The lowest BCUT2D eigenvalue weighted by molar-refractivity contribution is -0.140. The summed E-state index contributed by atoms with van der Waals surface area (Å²) in [5, 5.41) is 6.10. The highest BCUT2D eigenvalue weighted by Crippen LogP contribution is 2.37. The minimum Gasteiger partial charge on any atom is -0.462 e. The third-order valence-corrected chi connectivity index (χ3v) is 5.41. The first kappa shape index (κ1) is 21.8. The zero-order chi connectivity index (χ0) is 21.5. The van der Waals surface area contributed by atoms with E-state index in [0.29, 0.717) is 36.1 Å². The molecular formula is C23H25ClN2O4. The Morgan fingerprint density at radius 1 is 1.07 bits per heavy atom. The number of halogens is 1. The van der Waals surface area contributed by atoms with Crippen LogP contribution in [0.2, 0.25) is 5.02 Å². The summed E-state index contributed by atoms with van der Waals surface area (Å²) in [5.41, 5.74) is 2.55. The van der Waals surface area contributed by atoms with Crippen molar-refractivity contribution in [2.45, 2.75) is 38.1 Å². The number of nitrogens with one attached hydrogen (secondary N) is 2. The van der Waals surface area contributed by atoms with Crippen molar-refractivity contribution < 1.29 is 19.1 Å². The number of carbonyl (C=O) groups is 3. The van der Waals surface area contributed by atoms with Crippen LogP contribution in [0.3, 0.4) is 0 Å². The van der Waals surface area contributed by atoms with Crippen molar-refractivity contribution in [3.8, 4) is 0 Å². The number of ether oxygens (including phenoxy) is 1. The maximum absolute atomic E-state index is 12.1. The van der Waals surface area contributed by atoms with Crippen molar-refractivity contribution in [1.29, 1.82) is 0 Å². The number of benzene rings is 2. The Labute approximate surface area is 180 Å². The van der Waals surface area contributed by atoms with Gasteiger partial charge in [0, 0.05) is 17.6 Å². The van der Waals surface area contributed by atoms with E-state index in [1.165, 1.54) is 5.56 Å². The van der Waals surface area contributed by atoms with E-state index < -0.39 is 11.8 Å². The predicted octanol–water partition coefficient (Wildman–Crippen LogP) is 3.24. The van der Waals surface area contributed by atoms with Crippen molar-refractivity contribution >= 4 is 29.4 Å². The highest BCUT2D eigenvalue weighted by molar-refractivity contribution is 6.35. The molecule has 0 aliphatic heterocycles. The molecule has 1 aliphatic rings. The summed E-state index contributed by atoms with van der Waals surface area (Å²) in [6.07, 6.45) is 2.12. The third kappa shape index (κ3) is 5.83. The summed E-state index contributed by atoms with van der Waals surface area (Å²) in [7, 11) is 0. The molecular weight excluding hydrogens is 404 g/mol. The Balaban J connectivity index is 1.38. The average molecular weight is 429 g/mol. The van der Waals surface area contributed by atoms with Gasteiger partial charge in [-0.05, 0) is 67.5 Å². The quantitative estimate of drug-likeness (QED) is 0.523. The molecule has 0 aromatic heterocycles. The van der Waals surface area contributed by atoms with E-state index in [9.17, 15) is 14.4 Å². The number of amides is 2. The van der Waals surface area contributed by atoms with Crippen molar-refractivity contribution in [3.63, 3.8) is 0 Å². The maximum atomic E-state index is 12.1. The highest BCUT2D eigenvalue weighted by atomic mass is 35.5. The number of esters is 1. The molecule has 0 atom stereocenters. The van der Waals surface area contributed by atoms with Crippen LogP contribution >= 0.6 is 11.6 Å². The van der Waals surface area contributed by atoms with Crippen LogP contribution in [0.1, 0.15) is 47.2 Å². The van der Waals surface area contributed by atoms with E-state index in [4.69, 9.17) is 16.3 Å². The molecule has 0 radical (unpaired) electrons. The first-order chi connectivity index (χ1) is 14.5. The van der Waals surface area contributed by atoms with Crippen LogP contribution in [-0.2, 0) is 20.7 Å². The monoisotopic (exact) mass is 428 g/mol. The second kappa shape index (κ2) is 10.3. The van der Waals surface area contributed by atoms with Gasteiger partial charge in [-0.15, -0.1) is 0 Å². The molecule has 0 spiro atoms. The molecule has 2 aromatic carbocycles. The molecule has 158 valence electrons. The van der Waals surface area contributed by atoms with Crippen LogP contribution in [-0.4, -0.2) is 37.0 Å². The number of carbonyl (C=O) groups excluding carboxylic acids is 3. The molecule has 1 saturated carbocycles. The molecule has 2 amide bonds. The zero-order valence-corrected chi connectivity index (χ0v) is 17.6. The molecule has 2 aromatic rings. The van der Waals surface area contributed by atoms with Crippen LogP contribution in [0.4, 0.5) is 0 Å². The van der Waals surface area contributed by atoms with E-state index in [0.717, 1.165) is 18.4 Å². The van der Waals surface area contributed by atoms with Crippen molar-refractivity contribution in [2.24, 2.45) is 0 Å². The van der Waals surface area contributed by atoms with E-state index in [2.05, 4.69) is 10.6 Å². The number of rotatable bonds is 7. The average Bonchev–Trinajstić information content (AvgIpc) is 2.71. The van der Waals surface area contributed by atoms with Gasteiger partial charge in [-0.1, -0.05) is 35.9 Å². The van der Waals surface area contributed by atoms with E-state index in [1.807, 2.05) is 30.3 Å². The topological polar surface area (TPSA) is 84.5 Å². The van der Waals surface area contributed by atoms with Gasteiger partial charge in [0.25, 0.3) is 0 Å². The fourth-order valence-corrected chi connectivity index (χ4v) is 3.59. The molecule has 6 nitrogen and oxygen atoms in total. The molecule has 7 heteroatoms. The molecule has 0 unspecified atom stereocenters. The fourth-order valence-electron chi connectivity index (χ4n) is 3.46. The molecule has 3 rings (SSSR count). The fraction of sp³-hybridized carbons (Fsp3) is 0.348. The second-order valence-electron chi connectivity index (χ2n) is 7.32. The minimum atomic E-state index is -0.647. The summed E-state index contributed by atoms with van der Waals surface area (Å²) in [4.78, 5) is 35.9. The van der Waals surface area contributed by atoms with Crippen LogP contribution < -0.4 is 10.6 Å². The van der Waals surface area contributed by atoms with Gasteiger partial charge in [0.2, 0.25) is 0 Å². The normalized spacial score (nSPS) is 17.5. The molecule has 0 heterocycles. The zero-order valence-electron chi connectivity index (χ0n) is 16.8. The van der Waals surface area contributed by atoms with Gasteiger partial charge in [0.1, 0.15) is 0 Å². The van der Waals surface area contributed by atoms with Gasteiger partial charge in [0.05, 0.1) is 12.2 Å². The van der Waals surface area contributed by atoms with Gasteiger partial charge in [0.15, 0.2) is 0 Å². The summed E-state index contributed by atoms with van der Waals surface area (Å²) in [5.74, 6) is -1.26. The Morgan fingerprint density at radius 3 is 2.50 bits per heavy atom. The molecule has 2 N–H and O–H groups in total. The lowest BCUT2D eigenvalue weighted by atomic mass is 9.76. The lowest BCUT2D eigenvalue weighted by Crippen LogP contribution is -2.49. The van der Waals surface area contributed by atoms with Gasteiger partial charge in [-0.25, -0.2) is 4.79 Å². The van der Waals surface area contributed by atoms with E-state index >= 15 is 0 Å². The second-order valence-corrected chi connectivity index (χ2v) is 7.75. The molecule has 1 aliphatic carbocycles. The van der Waals surface area contributed by atoms with Crippen LogP contribution in [0, 0.1) is 0 Å². The van der Waals surface area contributed by atoms with Crippen molar-refractivity contribution in [2.75, 3.05) is 13.2 Å². The maximum Gasteiger partial charge on any atom is 0.338 e. The summed E-state index contributed by atoms with van der Waals surface area (Å²) >= 11 is 5.90. The van der Waals surface area contributed by atoms with Crippen LogP contribution in [0.5, 0.6) is 0 Å². The first-order valence-electron chi connectivity index (χ1n) is 10.1. The highest BCUT2D eigenvalue weighted by Gasteiger charge is 2.32. The van der Waals surface area contributed by atoms with Gasteiger partial charge < -0.3 is 15.4 Å². The SMILES string of the molecule is CCOC(=O)c1cccc(CCNC(=O)C(=O)NC2CC(c3ccc(Cl)cc3)C2)c1. The van der Waals surface area contributed by atoms with Crippen molar-refractivity contribution in [3.05, 3.63) is 70.2 Å². The Kier molecular flexibility index (Phi) is 7.46. The smallest absolute Gasteiger partial charge is 0.338 e. The van der Waals surface area contributed by atoms with Gasteiger partial charge in [-0.3, -0.25) is 9.59 Å². The number of hydrogen-bond donors (Lipinski definition) is 2. The summed E-state index contributed by atoms with van der Waals surface area (Å²) < 4.78 is 4.98. The van der Waals surface area contributed by atoms with Crippen molar-refractivity contribution in [1.82, 2.24) is 10.6 Å².